The largest absolute Gasteiger partial charge is 0.416 e. The second kappa shape index (κ2) is 5.28. The first-order valence-corrected chi connectivity index (χ1v) is 6.47. The minimum absolute atomic E-state index is 0.215. The Morgan fingerprint density at radius 1 is 1.18 bits per heavy atom. The smallest absolute Gasteiger partial charge is 0.364 e. The summed E-state index contributed by atoms with van der Waals surface area (Å²) < 4.78 is 39.8. The summed E-state index contributed by atoms with van der Waals surface area (Å²) in [7, 11) is 1.80. The fourth-order valence-corrected chi connectivity index (χ4v) is 2.12. The number of halogens is 3. The number of aromatic nitrogens is 4. The maximum absolute atomic E-state index is 12.7. The molecule has 0 unspecified atom stereocenters. The first kappa shape index (κ1) is 14.3. The Morgan fingerprint density at radius 2 is 2.00 bits per heavy atom. The van der Waals surface area contributed by atoms with Crippen molar-refractivity contribution in [2.45, 2.75) is 12.7 Å². The average molecular weight is 307 g/mol. The first-order valence-electron chi connectivity index (χ1n) is 6.47. The predicted molar refractivity (Wildman–Crippen MR) is 75.1 cm³/mol. The molecule has 3 rings (SSSR count). The van der Waals surface area contributed by atoms with Crippen molar-refractivity contribution in [2.75, 3.05) is 5.32 Å². The van der Waals surface area contributed by atoms with Crippen LogP contribution in [0.25, 0.3) is 11.2 Å². The third-order valence-corrected chi connectivity index (χ3v) is 3.21. The molecule has 0 aliphatic heterocycles. The Kier molecular flexibility index (Phi) is 3.44. The Morgan fingerprint density at radius 3 is 2.77 bits per heavy atom. The zero-order valence-corrected chi connectivity index (χ0v) is 11.6. The van der Waals surface area contributed by atoms with Gasteiger partial charge in [-0.2, -0.15) is 13.2 Å². The molecule has 5 nitrogen and oxygen atoms in total. The standard InChI is InChI=1S/C14H12F3N5/c1-22-8-21-11-12(19-7-20-13(11)22)18-6-9-3-2-4-10(5-9)14(15,16)17/h2-5,7-8H,6H2,1H3,(H,18,19,20). The molecule has 0 saturated carbocycles. The molecule has 0 saturated heterocycles. The maximum Gasteiger partial charge on any atom is 0.416 e. The number of anilines is 1. The molecule has 0 aliphatic rings. The zero-order valence-electron chi connectivity index (χ0n) is 11.6. The van der Waals surface area contributed by atoms with E-state index in [1.165, 1.54) is 12.4 Å². The van der Waals surface area contributed by atoms with Gasteiger partial charge in [0.25, 0.3) is 0 Å². The molecule has 8 heteroatoms. The quantitative estimate of drug-likeness (QED) is 0.808. The van der Waals surface area contributed by atoms with E-state index in [2.05, 4.69) is 20.3 Å². The van der Waals surface area contributed by atoms with Crippen LogP contribution in [0, 0.1) is 0 Å². The Hall–Kier alpha value is -2.64. The van der Waals surface area contributed by atoms with Crippen LogP contribution < -0.4 is 5.32 Å². The first-order chi connectivity index (χ1) is 10.4. The molecule has 0 radical (unpaired) electrons. The maximum atomic E-state index is 12.7. The molecule has 1 N–H and O–H groups in total. The van der Waals surface area contributed by atoms with Gasteiger partial charge in [0.15, 0.2) is 11.5 Å². The number of rotatable bonds is 3. The second-order valence-electron chi connectivity index (χ2n) is 4.80. The highest BCUT2D eigenvalue weighted by Crippen LogP contribution is 2.29. The molecule has 0 amide bonds. The van der Waals surface area contributed by atoms with E-state index in [0.717, 1.165) is 12.1 Å². The van der Waals surface area contributed by atoms with Gasteiger partial charge in [-0.15, -0.1) is 0 Å². The van der Waals surface area contributed by atoms with Crippen LogP contribution in [0.1, 0.15) is 11.1 Å². The summed E-state index contributed by atoms with van der Waals surface area (Å²) in [5.41, 5.74) is 1.08. The number of nitrogens with one attached hydrogen (secondary N) is 1. The van der Waals surface area contributed by atoms with Gasteiger partial charge in [-0.05, 0) is 17.7 Å². The van der Waals surface area contributed by atoms with E-state index in [1.807, 2.05) is 0 Å². The number of hydrogen-bond acceptors (Lipinski definition) is 4. The molecule has 3 aromatic rings. The van der Waals surface area contributed by atoms with Crippen molar-refractivity contribution in [3.05, 3.63) is 48.0 Å². The highest BCUT2D eigenvalue weighted by Gasteiger charge is 2.30. The number of imidazole rings is 1. The molecule has 0 aliphatic carbocycles. The minimum Gasteiger partial charge on any atom is -0.364 e. The lowest BCUT2D eigenvalue weighted by molar-refractivity contribution is -0.137. The highest BCUT2D eigenvalue weighted by atomic mass is 19.4. The summed E-state index contributed by atoms with van der Waals surface area (Å²) in [5.74, 6) is 0.489. The van der Waals surface area contributed by atoms with Crippen molar-refractivity contribution < 1.29 is 13.2 Å². The number of alkyl halides is 3. The van der Waals surface area contributed by atoms with Crippen LogP contribution in [-0.2, 0) is 19.8 Å². The van der Waals surface area contributed by atoms with E-state index in [1.54, 1.807) is 24.0 Å². The molecule has 2 heterocycles. The molecule has 0 bridgehead atoms. The lowest BCUT2D eigenvalue weighted by Crippen LogP contribution is -2.07. The summed E-state index contributed by atoms with van der Waals surface area (Å²) in [6, 6.07) is 5.17. The minimum atomic E-state index is -4.35. The Labute approximate surface area is 123 Å². The summed E-state index contributed by atoms with van der Waals surface area (Å²) >= 11 is 0. The van der Waals surface area contributed by atoms with Crippen molar-refractivity contribution >= 4 is 17.0 Å². The number of nitrogens with zero attached hydrogens (tertiary/aromatic N) is 4. The van der Waals surface area contributed by atoms with Crippen LogP contribution in [0.15, 0.2) is 36.9 Å². The second-order valence-corrected chi connectivity index (χ2v) is 4.80. The number of aryl methyl sites for hydroxylation is 1. The summed E-state index contributed by atoms with van der Waals surface area (Å²) in [6.45, 7) is 0.215. The third kappa shape index (κ3) is 2.72. The van der Waals surface area contributed by atoms with Gasteiger partial charge >= 0.3 is 6.18 Å². The van der Waals surface area contributed by atoms with E-state index in [4.69, 9.17) is 0 Å². The normalized spacial score (nSPS) is 11.8. The van der Waals surface area contributed by atoms with E-state index >= 15 is 0 Å². The highest BCUT2D eigenvalue weighted by molar-refractivity contribution is 5.82. The van der Waals surface area contributed by atoms with Gasteiger partial charge in [-0.3, -0.25) is 0 Å². The predicted octanol–water partition coefficient (Wildman–Crippen LogP) is 2.99. The molecule has 1 aromatic carbocycles. The molecule has 0 spiro atoms. The van der Waals surface area contributed by atoms with Crippen LogP contribution in [0.4, 0.5) is 19.0 Å². The van der Waals surface area contributed by atoms with Crippen molar-refractivity contribution in [3.8, 4) is 0 Å². The molecule has 2 aromatic heterocycles. The van der Waals surface area contributed by atoms with Gasteiger partial charge in [-0.1, -0.05) is 12.1 Å². The Balaban J connectivity index is 1.83. The van der Waals surface area contributed by atoms with Crippen molar-refractivity contribution in [1.29, 1.82) is 0 Å². The SMILES string of the molecule is Cn1cnc2c(NCc3cccc(C(F)(F)F)c3)ncnc21. The van der Waals surface area contributed by atoms with Gasteiger partial charge in [0.1, 0.15) is 11.8 Å². The molecular formula is C14H12F3N5. The van der Waals surface area contributed by atoms with Crippen LogP contribution >= 0.6 is 0 Å². The summed E-state index contributed by atoms with van der Waals surface area (Å²) in [6.07, 6.45) is -1.35. The fourth-order valence-electron chi connectivity index (χ4n) is 2.12. The van der Waals surface area contributed by atoms with Crippen molar-refractivity contribution in [2.24, 2.45) is 7.05 Å². The van der Waals surface area contributed by atoms with E-state index in [9.17, 15) is 13.2 Å². The topological polar surface area (TPSA) is 55.6 Å². The van der Waals surface area contributed by atoms with Gasteiger partial charge in [0.2, 0.25) is 0 Å². The van der Waals surface area contributed by atoms with Crippen molar-refractivity contribution in [1.82, 2.24) is 19.5 Å². The Bertz CT molecular complexity index is 810. The van der Waals surface area contributed by atoms with E-state index < -0.39 is 11.7 Å². The number of fused-ring (bicyclic) bond motifs is 1. The number of hydrogen-bond donors (Lipinski definition) is 1. The fraction of sp³-hybridized carbons (Fsp3) is 0.214. The van der Waals surface area contributed by atoms with Crippen LogP contribution in [0.2, 0.25) is 0 Å². The summed E-state index contributed by atoms with van der Waals surface area (Å²) in [5, 5.41) is 3.00. The van der Waals surface area contributed by atoms with Crippen LogP contribution in [-0.4, -0.2) is 19.5 Å². The summed E-state index contributed by atoms with van der Waals surface area (Å²) in [4.78, 5) is 12.4. The third-order valence-electron chi connectivity index (χ3n) is 3.21. The average Bonchev–Trinajstić information content (AvgIpc) is 2.87. The van der Waals surface area contributed by atoms with Crippen molar-refractivity contribution in [3.63, 3.8) is 0 Å². The molecular weight excluding hydrogens is 295 g/mol. The lowest BCUT2D eigenvalue weighted by atomic mass is 10.1. The molecule has 114 valence electrons. The number of benzene rings is 1. The zero-order chi connectivity index (χ0) is 15.7. The lowest BCUT2D eigenvalue weighted by Gasteiger charge is -2.10. The van der Waals surface area contributed by atoms with E-state index in [-0.39, 0.29) is 6.54 Å². The molecule has 0 fully saturated rings. The monoisotopic (exact) mass is 307 g/mol. The van der Waals surface area contributed by atoms with Gasteiger partial charge in [0, 0.05) is 13.6 Å². The van der Waals surface area contributed by atoms with E-state index in [0.29, 0.717) is 22.5 Å². The van der Waals surface area contributed by atoms with Gasteiger partial charge in [0.05, 0.1) is 11.9 Å². The van der Waals surface area contributed by atoms with Crippen LogP contribution in [0.3, 0.4) is 0 Å². The van der Waals surface area contributed by atoms with Gasteiger partial charge in [-0.25, -0.2) is 15.0 Å². The van der Waals surface area contributed by atoms with Gasteiger partial charge < -0.3 is 9.88 Å². The molecule has 0 atom stereocenters. The molecule has 22 heavy (non-hydrogen) atoms. The van der Waals surface area contributed by atoms with Crippen LogP contribution in [0.5, 0.6) is 0 Å².